The van der Waals surface area contributed by atoms with Crippen molar-refractivity contribution in [1.29, 1.82) is 0 Å². The van der Waals surface area contributed by atoms with Crippen molar-refractivity contribution in [2.24, 2.45) is 0 Å². The van der Waals surface area contributed by atoms with E-state index in [4.69, 9.17) is 21.7 Å². The van der Waals surface area contributed by atoms with E-state index in [-0.39, 0.29) is 30.7 Å². The smallest absolute Gasteiger partial charge is 0.250 e. The molecule has 3 aromatic rings. The Kier molecular flexibility index (Phi) is 7.08. The molecule has 0 saturated carbocycles. The number of amides is 1. The molecule has 0 aliphatic carbocycles. The zero-order valence-corrected chi connectivity index (χ0v) is 20.4. The van der Waals surface area contributed by atoms with Crippen molar-refractivity contribution in [2.45, 2.75) is 37.6 Å². The van der Waals surface area contributed by atoms with E-state index < -0.39 is 0 Å². The van der Waals surface area contributed by atoms with Gasteiger partial charge in [0.25, 0.3) is 0 Å². The second-order valence-electron chi connectivity index (χ2n) is 8.75. The number of thiocarbonyl (C=S) groups is 1. The van der Waals surface area contributed by atoms with Crippen LogP contribution in [0.15, 0.2) is 67.0 Å². The van der Waals surface area contributed by atoms with Gasteiger partial charge in [0.05, 0.1) is 17.8 Å². The molecule has 2 aliphatic rings. The molecule has 182 valence electrons. The van der Waals surface area contributed by atoms with Gasteiger partial charge in [-0.05, 0) is 73.6 Å². The maximum atomic E-state index is 11.9. The minimum atomic E-state index is -0.196. The number of nitrogens with one attached hydrogen (secondary N) is 2. The Morgan fingerprint density at radius 2 is 2.09 bits per heavy atom. The summed E-state index contributed by atoms with van der Waals surface area (Å²) in [6.45, 7) is 1.64. The number of carbonyl (C=O) groups is 1. The molecule has 0 unspecified atom stereocenters. The predicted molar refractivity (Wildman–Crippen MR) is 138 cm³/mol. The van der Waals surface area contributed by atoms with Crippen molar-refractivity contribution in [3.05, 3.63) is 78.4 Å². The molecule has 2 aromatic heterocycles. The Bertz CT molecular complexity index is 1160. The van der Waals surface area contributed by atoms with Gasteiger partial charge in [0.15, 0.2) is 5.11 Å². The van der Waals surface area contributed by atoms with Gasteiger partial charge in [-0.2, -0.15) is 0 Å². The summed E-state index contributed by atoms with van der Waals surface area (Å²) in [5.74, 6) is -0.196. The van der Waals surface area contributed by atoms with Crippen LogP contribution in [0.5, 0.6) is 0 Å². The highest BCUT2D eigenvalue weighted by atomic mass is 32.1. The van der Waals surface area contributed by atoms with Crippen LogP contribution >= 0.6 is 12.2 Å². The van der Waals surface area contributed by atoms with E-state index in [2.05, 4.69) is 43.4 Å². The SMILES string of the molecule is COCC(=O)Nc1ccc(N2C(=S)N[C@H](c3ccccn3)[C@@H]2c2cccn2C[C@H]2CCCO2)cc1. The molecule has 3 atom stereocenters. The summed E-state index contributed by atoms with van der Waals surface area (Å²) in [5, 5.41) is 6.97. The van der Waals surface area contributed by atoms with Crippen molar-refractivity contribution < 1.29 is 14.3 Å². The number of benzene rings is 1. The lowest BCUT2D eigenvalue weighted by atomic mass is 10.0. The van der Waals surface area contributed by atoms with Crippen molar-refractivity contribution in [1.82, 2.24) is 14.9 Å². The Morgan fingerprint density at radius 3 is 2.80 bits per heavy atom. The van der Waals surface area contributed by atoms with Crippen LogP contribution in [-0.2, 0) is 20.8 Å². The summed E-state index contributed by atoms with van der Waals surface area (Å²) in [4.78, 5) is 18.7. The number of hydrogen-bond acceptors (Lipinski definition) is 5. The lowest BCUT2D eigenvalue weighted by molar-refractivity contribution is -0.119. The van der Waals surface area contributed by atoms with Crippen molar-refractivity contribution >= 4 is 34.6 Å². The van der Waals surface area contributed by atoms with E-state index in [0.29, 0.717) is 10.8 Å². The Labute approximate surface area is 210 Å². The average molecular weight is 492 g/mol. The summed E-state index contributed by atoms with van der Waals surface area (Å²) in [5.41, 5.74) is 3.70. The zero-order valence-electron chi connectivity index (χ0n) is 19.6. The van der Waals surface area contributed by atoms with Crippen LogP contribution in [0.3, 0.4) is 0 Å². The predicted octanol–water partition coefficient (Wildman–Crippen LogP) is 3.82. The van der Waals surface area contributed by atoms with Gasteiger partial charge in [-0.1, -0.05) is 6.07 Å². The first-order valence-electron chi connectivity index (χ1n) is 11.8. The van der Waals surface area contributed by atoms with Gasteiger partial charge in [0.1, 0.15) is 12.6 Å². The molecule has 0 radical (unpaired) electrons. The third kappa shape index (κ3) is 5.07. The van der Waals surface area contributed by atoms with Crippen LogP contribution in [0, 0.1) is 0 Å². The standard InChI is InChI=1S/C26H29N5O3S/c1-33-17-23(32)28-18-9-11-19(12-10-18)31-25(24(29-26(31)35)21-7-2-3-13-27-21)22-8-4-14-30(22)16-20-6-5-15-34-20/h2-4,7-14,20,24-25H,5-6,15-17H2,1H3,(H,28,32)(H,29,35)/t20-,24-,25+/m1/s1. The molecule has 0 spiro atoms. The molecular weight excluding hydrogens is 462 g/mol. The fourth-order valence-electron chi connectivity index (χ4n) is 4.84. The number of aromatic nitrogens is 2. The van der Waals surface area contributed by atoms with Gasteiger partial charge in [-0.25, -0.2) is 0 Å². The van der Waals surface area contributed by atoms with Crippen molar-refractivity contribution in [3.63, 3.8) is 0 Å². The van der Waals surface area contributed by atoms with Gasteiger partial charge in [-0.15, -0.1) is 0 Å². The van der Waals surface area contributed by atoms with Crippen molar-refractivity contribution in [2.75, 3.05) is 30.5 Å². The van der Waals surface area contributed by atoms with Crippen molar-refractivity contribution in [3.8, 4) is 0 Å². The van der Waals surface area contributed by atoms with Gasteiger partial charge in [-0.3, -0.25) is 9.78 Å². The first kappa shape index (κ1) is 23.5. The molecule has 5 rings (SSSR count). The highest BCUT2D eigenvalue weighted by molar-refractivity contribution is 7.80. The molecule has 4 heterocycles. The highest BCUT2D eigenvalue weighted by Gasteiger charge is 2.42. The van der Waals surface area contributed by atoms with Gasteiger partial charge in [0, 0.05) is 49.7 Å². The van der Waals surface area contributed by atoms with Crippen LogP contribution in [0.2, 0.25) is 0 Å². The van der Waals surface area contributed by atoms with Crippen LogP contribution in [-0.4, -0.2) is 47.0 Å². The van der Waals surface area contributed by atoms with E-state index >= 15 is 0 Å². The topological polar surface area (TPSA) is 80.7 Å². The number of hydrogen-bond donors (Lipinski definition) is 2. The summed E-state index contributed by atoms with van der Waals surface area (Å²) >= 11 is 5.84. The minimum absolute atomic E-state index is 0.0113. The molecule has 35 heavy (non-hydrogen) atoms. The summed E-state index contributed by atoms with van der Waals surface area (Å²) in [6.07, 6.45) is 6.32. The van der Waals surface area contributed by atoms with E-state index in [1.807, 2.05) is 48.7 Å². The van der Waals surface area contributed by atoms with Gasteiger partial charge >= 0.3 is 0 Å². The maximum absolute atomic E-state index is 11.9. The first-order chi connectivity index (χ1) is 17.1. The molecule has 2 saturated heterocycles. The Morgan fingerprint density at radius 1 is 1.23 bits per heavy atom. The number of ether oxygens (including phenoxy) is 2. The second-order valence-corrected chi connectivity index (χ2v) is 9.13. The first-order valence-corrected chi connectivity index (χ1v) is 12.2. The molecular formula is C26H29N5O3S. The monoisotopic (exact) mass is 491 g/mol. The Hall–Kier alpha value is -3.27. The quantitative estimate of drug-likeness (QED) is 0.464. The molecule has 1 aromatic carbocycles. The summed E-state index contributed by atoms with van der Waals surface area (Å²) in [7, 11) is 1.50. The third-order valence-corrected chi connectivity index (χ3v) is 6.71. The van der Waals surface area contributed by atoms with Gasteiger partial charge < -0.3 is 29.6 Å². The number of anilines is 2. The second kappa shape index (κ2) is 10.6. The number of pyridine rings is 1. The van der Waals surface area contributed by atoms with Crippen LogP contribution < -0.4 is 15.5 Å². The van der Waals surface area contributed by atoms with E-state index in [9.17, 15) is 4.79 Å². The van der Waals surface area contributed by atoms with E-state index in [0.717, 1.165) is 43.1 Å². The molecule has 0 bridgehead atoms. The highest BCUT2D eigenvalue weighted by Crippen LogP contribution is 2.42. The van der Waals surface area contributed by atoms with Gasteiger partial charge in [0.2, 0.25) is 5.91 Å². The third-order valence-electron chi connectivity index (χ3n) is 6.39. The largest absolute Gasteiger partial charge is 0.376 e. The minimum Gasteiger partial charge on any atom is -0.376 e. The fraction of sp³-hybridized carbons (Fsp3) is 0.346. The number of methoxy groups -OCH3 is 1. The normalized spacial score (nSPS) is 21.8. The molecule has 2 fully saturated rings. The summed E-state index contributed by atoms with van der Waals surface area (Å²) in [6, 6.07) is 17.6. The van der Waals surface area contributed by atoms with Crippen LogP contribution in [0.4, 0.5) is 11.4 Å². The lowest BCUT2D eigenvalue weighted by Gasteiger charge is -2.29. The average Bonchev–Trinajstić information content (AvgIpc) is 3.61. The zero-order chi connectivity index (χ0) is 24.2. The Balaban J connectivity index is 1.48. The van der Waals surface area contributed by atoms with E-state index in [1.54, 1.807) is 0 Å². The summed E-state index contributed by atoms with van der Waals surface area (Å²) < 4.78 is 13.1. The molecule has 9 heteroatoms. The lowest BCUT2D eigenvalue weighted by Crippen LogP contribution is -2.31. The number of nitrogens with zero attached hydrogens (tertiary/aromatic N) is 3. The van der Waals surface area contributed by atoms with E-state index in [1.165, 1.54) is 7.11 Å². The number of carbonyl (C=O) groups excluding carboxylic acids is 1. The maximum Gasteiger partial charge on any atom is 0.250 e. The fourth-order valence-corrected chi connectivity index (χ4v) is 5.18. The van der Waals surface area contributed by atoms with Crippen LogP contribution in [0.25, 0.3) is 0 Å². The molecule has 2 aliphatic heterocycles. The molecule has 2 N–H and O–H groups in total. The molecule has 8 nitrogen and oxygen atoms in total. The molecule has 1 amide bonds. The number of rotatable bonds is 8. The van der Waals surface area contributed by atoms with Crippen LogP contribution in [0.1, 0.15) is 36.3 Å².